The van der Waals surface area contributed by atoms with Crippen LogP contribution >= 0.6 is 24.0 Å². The van der Waals surface area contributed by atoms with Crippen molar-refractivity contribution in [3.63, 3.8) is 0 Å². The van der Waals surface area contributed by atoms with Crippen molar-refractivity contribution in [3.8, 4) is 0 Å². The number of hydrogen-bond donors (Lipinski definition) is 2. The Morgan fingerprint density at radius 3 is 2.43 bits per heavy atom. The largest absolute Gasteiger partial charge is 0.390 e. The second kappa shape index (κ2) is 11.0. The molecule has 0 spiro atoms. The van der Waals surface area contributed by atoms with Crippen LogP contribution in [0.15, 0.2) is 30.3 Å². The Kier molecular flexibility index (Phi) is 9.24. The fraction of sp³-hybridized carbons (Fsp3) is 0.650. The van der Waals surface area contributed by atoms with Crippen LogP contribution in [0.25, 0.3) is 0 Å². The zero-order valence-electron chi connectivity index (χ0n) is 16.9. The molecule has 30 heavy (non-hydrogen) atoms. The second-order valence-corrected chi connectivity index (χ2v) is 8.43. The Morgan fingerprint density at radius 1 is 1.27 bits per heavy atom. The lowest BCUT2D eigenvalue weighted by Crippen LogP contribution is -2.67. The third-order valence-electron chi connectivity index (χ3n) is 5.81. The van der Waals surface area contributed by atoms with Gasteiger partial charge in [0.25, 0.3) is 5.91 Å². The summed E-state index contributed by atoms with van der Waals surface area (Å²) in [7, 11) is 1.74. The highest BCUT2D eigenvalue weighted by Crippen LogP contribution is 2.29. The van der Waals surface area contributed by atoms with Crippen LogP contribution in [0.1, 0.15) is 29.6 Å². The van der Waals surface area contributed by atoms with Crippen molar-refractivity contribution < 1.29 is 18.0 Å². The number of rotatable bonds is 7. The molecule has 2 fully saturated rings. The molecule has 3 rings (SSSR count). The fourth-order valence-electron chi connectivity index (χ4n) is 4.03. The van der Waals surface area contributed by atoms with Crippen molar-refractivity contribution in [1.29, 1.82) is 0 Å². The molecule has 1 aromatic carbocycles. The molecule has 2 saturated heterocycles. The van der Waals surface area contributed by atoms with E-state index in [1.165, 1.54) is 0 Å². The van der Waals surface area contributed by atoms with Crippen molar-refractivity contribution in [2.75, 3.05) is 33.2 Å². The maximum absolute atomic E-state index is 13.0. The van der Waals surface area contributed by atoms with Crippen LogP contribution in [0.2, 0.25) is 0 Å². The van der Waals surface area contributed by atoms with E-state index in [2.05, 4.69) is 15.5 Å². The monoisotopic (exact) mass is 468 g/mol. The van der Waals surface area contributed by atoms with Gasteiger partial charge in [-0.2, -0.15) is 13.2 Å². The summed E-state index contributed by atoms with van der Waals surface area (Å²) in [5, 5.41) is 4.78. The number of piperidine rings is 1. The molecule has 0 saturated carbocycles. The Hall–Kier alpha value is -1.06. The summed E-state index contributed by atoms with van der Waals surface area (Å²) in [5.41, 5.74) is 0.395. The molecule has 0 aliphatic carbocycles. The smallest absolute Gasteiger partial charge is 0.335 e. The zero-order valence-corrected chi connectivity index (χ0v) is 18.4. The highest BCUT2D eigenvalue weighted by atomic mass is 35.5. The quantitative estimate of drug-likeness (QED) is 0.476. The number of nitrogens with zero attached hydrogens (tertiary/aromatic N) is 2. The van der Waals surface area contributed by atoms with Gasteiger partial charge in [-0.05, 0) is 45.1 Å². The summed E-state index contributed by atoms with van der Waals surface area (Å²) in [6, 6.07) is 9.02. The van der Waals surface area contributed by atoms with Crippen LogP contribution in [0.3, 0.4) is 0 Å². The van der Waals surface area contributed by atoms with Crippen LogP contribution < -0.4 is 10.6 Å². The first-order valence-electron chi connectivity index (χ1n) is 9.98. The van der Waals surface area contributed by atoms with Gasteiger partial charge in [-0.25, -0.2) is 0 Å². The third-order valence-corrected chi connectivity index (χ3v) is 6.21. The lowest BCUT2D eigenvalue weighted by atomic mass is 9.97. The molecule has 2 heterocycles. The molecule has 170 valence electrons. The van der Waals surface area contributed by atoms with Gasteiger partial charge in [0.2, 0.25) is 0 Å². The highest BCUT2D eigenvalue weighted by molar-refractivity contribution is 6.21. The lowest BCUT2D eigenvalue weighted by Gasteiger charge is -2.51. The summed E-state index contributed by atoms with van der Waals surface area (Å²) < 4.78 is 38.9. The number of likely N-dealkylation sites (tertiary alicyclic amines) is 1. The average Bonchev–Trinajstić information content (AvgIpc) is 2.64. The van der Waals surface area contributed by atoms with E-state index in [1.54, 1.807) is 42.3 Å². The molecule has 2 atom stereocenters. The number of carbonyl (C=O) groups is 1. The van der Waals surface area contributed by atoms with Gasteiger partial charge in [0, 0.05) is 30.7 Å². The van der Waals surface area contributed by atoms with Crippen LogP contribution in [0, 0.1) is 0 Å². The molecule has 0 bridgehead atoms. The Bertz CT molecular complexity index is 668. The van der Waals surface area contributed by atoms with Crippen LogP contribution in [0.4, 0.5) is 13.2 Å². The molecular weight excluding hydrogens is 440 g/mol. The van der Waals surface area contributed by atoms with Gasteiger partial charge in [0.05, 0.1) is 18.0 Å². The molecule has 2 unspecified atom stereocenters. The normalized spacial score (nSPS) is 20.9. The lowest BCUT2D eigenvalue weighted by molar-refractivity contribution is -0.139. The minimum absolute atomic E-state index is 0. The average molecular weight is 469 g/mol. The van der Waals surface area contributed by atoms with Crippen molar-refractivity contribution in [2.24, 2.45) is 0 Å². The number of hydrogen-bond acceptors (Lipinski definition) is 4. The topological polar surface area (TPSA) is 47.6 Å². The molecule has 1 aromatic rings. The maximum atomic E-state index is 13.0. The highest BCUT2D eigenvalue weighted by Gasteiger charge is 2.42. The van der Waals surface area contributed by atoms with Gasteiger partial charge in [-0.3, -0.25) is 14.6 Å². The summed E-state index contributed by atoms with van der Waals surface area (Å²) in [5.74, 6) is -0.426. The SMILES string of the molecule is CN(C1CN(C2CCNCC2)C1)C(NC(=O)c1ccccc1)C(Cl)CC(F)(F)F.Cl. The van der Waals surface area contributed by atoms with Gasteiger partial charge >= 0.3 is 6.18 Å². The number of likely N-dealkylation sites (N-methyl/N-ethyl adjacent to an activating group) is 1. The number of amides is 1. The predicted octanol–water partition coefficient (Wildman–Crippen LogP) is 3.09. The molecule has 0 radical (unpaired) electrons. The molecule has 5 nitrogen and oxygen atoms in total. The minimum atomic E-state index is -4.40. The molecular formula is C20H29Cl2F3N4O. The second-order valence-electron chi connectivity index (χ2n) is 7.87. The van der Waals surface area contributed by atoms with E-state index in [0.717, 1.165) is 39.0 Å². The first kappa shape index (κ1) is 25.2. The standard InChI is InChI=1S/C20H28ClF3N4O.ClH/c1-27(16-12-28(13-16)15-7-9-25-10-8-15)18(17(21)11-20(22,23)24)26-19(29)14-5-3-2-4-6-14;/h2-6,15-18,25H,7-13H2,1H3,(H,26,29);1H. The number of nitrogens with one attached hydrogen (secondary N) is 2. The van der Waals surface area contributed by atoms with E-state index < -0.39 is 30.0 Å². The van der Waals surface area contributed by atoms with Crippen molar-refractivity contribution in [1.82, 2.24) is 20.4 Å². The Labute approximate surface area is 186 Å². The van der Waals surface area contributed by atoms with E-state index in [1.807, 2.05) is 0 Å². The summed E-state index contributed by atoms with van der Waals surface area (Å²) in [6.07, 6.45) is -4.31. The molecule has 1 amide bonds. The maximum Gasteiger partial charge on any atom is 0.390 e. The number of halogens is 5. The van der Waals surface area contributed by atoms with E-state index in [9.17, 15) is 18.0 Å². The number of alkyl halides is 4. The Morgan fingerprint density at radius 2 is 1.87 bits per heavy atom. The van der Waals surface area contributed by atoms with E-state index >= 15 is 0 Å². The summed E-state index contributed by atoms with van der Waals surface area (Å²) in [6.45, 7) is 3.53. The van der Waals surface area contributed by atoms with E-state index in [0.29, 0.717) is 11.6 Å². The predicted molar refractivity (Wildman–Crippen MR) is 114 cm³/mol. The number of carbonyl (C=O) groups excluding carboxylic acids is 1. The van der Waals surface area contributed by atoms with E-state index in [-0.39, 0.29) is 18.4 Å². The van der Waals surface area contributed by atoms with Gasteiger partial charge in [0.1, 0.15) is 0 Å². The number of benzene rings is 1. The Balaban J connectivity index is 0.00000320. The molecule has 2 N–H and O–H groups in total. The van der Waals surface area contributed by atoms with Crippen LogP contribution in [0.5, 0.6) is 0 Å². The first-order chi connectivity index (χ1) is 13.7. The van der Waals surface area contributed by atoms with Crippen molar-refractivity contribution in [3.05, 3.63) is 35.9 Å². The van der Waals surface area contributed by atoms with Crippen LogP contribution in [-0.2, 0) is 0 Å². The van der Waals surface area contributed by atoms with Crippen molar-refractivity contribution in [2.45, 2.75) is 49.1 Å². The van der Waals surface area contributed by atoms with Gasteiger partial charge in [0.15, 0.2) is 0 Å². The van der Waals surface area contributed by atoms with Gasteiger partial charge in [-0.1, -0.05) is 18.2 Å². The molecule has 0 aromatic heterocycles. The summed E-state index contributed by atoms with van der Waals surface area (Å²) in [4.78, 5) is 16.7. The first-order valence-corrected chi connectivity index (χ1v) is 10.4. The minimum Gasteiger partial charge on any atom is -0.335 e. The fourth-order valence-corrected chi connectivity index (χ4v) is 4.45. The molecule has 2 aliphatic rings. The van der Waals surface area contributed by atoms with E-state index in [4.69, 9.17) is 11.6 Å². The molecule has 10 heteroatoms. The summed E-state index contributed by atoms with van der Waals surface area (Å²) >= 11 is 6.17. The van der Waals surface area contributed by atoms with Crippen molar-refractivity contribution >= 4 is 29.9 Å². The molecule has 2 aliphatic heterocycles. The third kappa shape index (κ3) is 6.72. The van der Waals surface area contributed by atoms with Gasteiger partial charge in [-0.15, -0.1) is 24.0 Å². The zero-order chi connectivity index (χ0) is 21.0. The van der Waals surface area contributed by atoms with Crippen LogP contribution in [-0.4, -0.2) is 78.7 Å². The van der Waals surface area contributed by atoms with Gasteiger partial charge < -0.3 is 10.6 Å².